The molecule has 0 saturated carbocycles. The second-order valence-corrected chi connectivity index (χ2v) is 8.67. The summed E-state index contributed by atoms with van der Waals surface area (Å²) < 4.78 is 34.6. The first kappa shape index (κ1) is 25.7. The molecule has 4 N–H and O–H groups in total. The second-order valence-electron chi connectivity index (χ2n) is 7.29. The van der Waals surface area contributed by atoms with Gasteiger partial charge in [0.15, 0.2) is 0 Å². The van der Waals surface area contributed by atoms with E-state index in [2.05, 4.69) is 25.8 Å². The van der Waals surface area contributed by atoms with Crippen LogP contribution in [0.5, 0.6) is 0 Å². The molecule has 0 bridgehead atoms. The van der Waals surface area contributed by atoms with Crippen LogP contribution in [0.4, 0.5) is 0 Å². The van der Waals surface area contributed by atoms with Gasteiger partial charge in [0.1, 0.15) is 0 Å². The van der Waals surface area contributed by atoms with Crippen LogP contribution in [0, 0.1) is 23.0 Å². The van der Waals surface area contributed by atoms with Crippen molar-refractivity contribution in [1.29, 1.82) is 0 Å². The molecule has 0 amide bonds. The van der Waals surface area contributed by atoms with E-state index < -0.39 is 10.1 Å². The maximum absolute atomic E-state index is 12.3. The van der Waals surface area contributed by atoms with Gasteiger partial charge in [0.2, 0.25) is 10.1 Å². The number of hydrogen-bond donors (Lipinski definition) is 3. The number of fused-ring (bicyclic) bond motifs is 1. The zero-order valence-corrected chi connectivity index (χ0v) is 19.6. The van der Waals surface area contributed by atoms with Crippen molar-refractivity contribution in [1.82, 2.24) is 0 Å². The molecule has 7 heteroatoms. The number of allylic oxidation sites excluding steroid dienone is 1. The third-order valence-corrected chi connectivity index (χ3v) is 5.55. The third-order valence-electron chi connectivity index (χ3n) is 4.52. The van der Waals surface area contributed by atoms with Crippen molar-refractivity contribution in [2.45, 2.75) is 47.5 Å². The number of benzene rings is 1. The Morgan fingerprint density at radius 2 is 1.50 bits per heavy atom. The van der Waals surface area contributed by atoms with Crippen LogP contribution < -0.4 is 35.5 Å². The average Bonchev–Trinajstić information content (AvgIpc) is 2.52. The summed E-state index contributed by atoms with van der Waals surface area (Å²) in [4.78, 5) is 0. The minimum absolute atomic E-state index is 0. The Bertz CT molecular complexity index is 727. The summed E-state index contributed by atoms with van der Waals surface area (Å²) in [7, 11) is -4.26. The molecule has 0 fully saturated rings. The molecule has 0 heterocycles. The van der Waals surface area contributed by atoms with E-state index in [1.165, 1.54) is 0 Å². The van der Waals surface area contributed by atoms with E-state index >= 15 is 0 Å². The van der Waals surface area contributed by atoms with Crippen LogP contribution in [0.25, 0.3) is 5.57 Å². The quantitative estimate of drug-likeness (QED) is 0.311. The maximum Gasteiger partial charge on any atom is 1.00 e. The molecule has 1 aromatic rings. The molecule has 1 aromatic carbocycles. The van der Waals surface area contributed by atoms with Crippen LogP contribution in [-0.4, -0.2) is 18.2 Å². The first-order valence-electron chi connectivity index (χ1n) is 8.51. The van der Waals surface area contributed by atoms with Crippen molar-refractivity contribution in [3.63, 3.8) is 0 Å². The fourth-order valence-corrected chi connectivity index (χ4v) is 5.12. The topological polar surface area (TPSA) is 101 Å². The molecule has 1 unspecified atom stereocenters. The summed E-state index contributed by atoms with van der Waals surface area (Å²) in [5.41, 5.74) is 3.96. The van der Waals surface area contributed by atoms with Gasteiger partial charge in [-0.3, -0.25) is 4.55 Å². The van der Waals surface area contributed by atoms with E-state index in [9.17, 15) is 13.0 Å². The van der Waals surface area contributed by atoms with Gasteiger partial charge in [-0.05, 0) is 5.92 Å². The zero-order valence-electron chi connectivity index (χ0n) is 16.8. The summed E-state index contributed by atoms with van der Waals surface area (Å²) in [6.45, 7) is 12.1. The second kappa shape index (κ2) is 10.3. The molecule has 0 radical (unpaired) electrons. The molecule has 2 rings (SSSR count). The summed E-state index contributed by atoms with van der Waals surface area (Å²) in [6, 6.07) is 8.00. The van der Waals surface area contributed by atoms with Crippen LogP contribution in [-0.2, 0) is 10.1 Å². The minimum Gasteiger partial charge on any atom is -0.320 e. The molecular weight excluding hydrogens is 361 g/mol. The Balaban J connectivity index is 0.00000201. The Morgan fingerprint density at radius 3 is 1.88 bits per heavy atom. The van der Waals surface area contributed by atoms with Crippen LogP contribution in [0.3, 0.4) is 0 Å². The summed E-state index contributed by atoms with van der Waals surface area (Å²) in [5, 5.41) is 6.70. The van der Waals surface area contributed by atoms with E-state index in [-0.39, 0.29) is 58.5 Å². The van der Waals surface area contributed by atoms with Gasteiger partial charge in [-0.2, -0.15) is 11.1 Å². The Morgan fingerprint density at radius 1 is 1.00 bits per heavy atom. The predicted molar refractivity (Wildman–Crippen MR) is 101 cm³/mol. The molecule has 0 spiro atoms. The molecule has 5 nitrogen and oxygen atoms in total. The van der Waals surface area contributed by atoms with Crippen molar-refractivity contribution in [2.75, 3.05) is 0 Å². The number of rotatable bonds is 4. The molecule has 1 aliphatic carbocycles. The van der Waals surface area contributed by atoms with Gasteiger partial charge in [0.05, 0.1) is 0 Å². The predicted octanol–water partition coefficient (Wildman–Crippen LogP) is 1.26. The van der Waals surface area contributed by atoms with Gasteiger partial charge >= 0.3 is 29.6 Å². The van der Waals surface area contributed by atoms with Crippen LogP contribution in [0.15, 0.2) is 29.8 Å². The Kier molecular flexibility index (Phi) is 10.1. The first-order chi connectivity index (χ1) is 11.6. The van der Waals surface area contributed by atoms with Gasteiger partial charge < -0.3 is 5.21 Å². The van der Waals surface area contributed by atoms with Gasteiger partial charge in [-0.25, -0.2) is 14.3 Å². The molecular formula is C19H30NNaO4S. The van der Waals surface area contributed by atoms with Gasteiger partial charge in [-0.15, -0.1) is 5.56 Å². The fraction of sp³-hybridized carbons (Fsp3) is 0.526. The van der Waals surface area contributed by atoms with E-state index in [0.29, 0.717) is 0 Å². The molecule has 1 aliphatic rings. The van der Waals surface area contributed by atoms with Crippen LogP contribution in [0.2, 0.25) is 0 Å². The van der Waals surface area contributed by atoms with Crippen LogP contribution >= 0.6 is 0 Å². The fourth-order valence-electron chi connectivity index (χ4n) is 3.78. The van der Waals surface area contributed by atoms with Gasteiger partial charge in [0, 0.05) is 0 Å². The molecule has 26 heavy (non-hydrogen) atoms. The SMILES string of the molecule is CC(C)C1=C(C(C)C)[C-](S(=O)(=O)O)C(C(C)C)c2ccccc21.NO.[Na+]. The zero-order chi connectivity index (χ0) is 19.5. The van der Waals surface area contributed by atoms with Crippen molar-refractivity contribution in [3.05, 3.63) is 46.2 Å². The van der Waals surface area contributed by atoms with Crippen molar-refractivity contribution >= 4 is 15.7 Å². The molecule has 0 saturated heterocycles. The van der Waals surface area contributed by atoms with E-state index in [1.54, 1.807) is 0 Å². The number of nitrogens with two attached hydrogens (primary N) is 1. The van der Waals surface area contributed by atoms with Crippen molar-refractivity contribution < 1.29 is 47.7 Å². The molecule has 1 atom stereocenters. The average molecular weight is 392 g/mol. The summed E-state index contributed by atoms with van der Waals surface area (Å²) in [5.74, 6) is 3.48. The van der Waals surface area contributed by atoms with Gasteiger partial charge in [0.25, 0.3) is 0 Å². The molecule has 0 aliphatic heterocycles. The summed E-state index contributed by atoms with van der Waals surface area (Å²) in [6.07, 6.45) is 0. The largest absolute Gasteiger partial charge is 1.00 e. The van der Waals surface area contributed by atoms with E-state index in [0.717, 1.165) is 22.3 Å². The van der Waals surface area contributed by atoms with Crippen molar-refractivity contribution in [2.24, 2.45) is 23.7 Å². The Labute approximate surface area is 180 Å². The standard InChI is InChI=1S/C19H27O3S.H3NO.Na/c1-11(2)16-14-9-7-8-10-15(14)17(12(3)4)19(23(20,21)22)18(16)13(5)6;1-2;/h7-13,17H,1-6H3,(H,20,21,22);2H,1H2;/q-1;;+1. The smallest absolute Gasteiger partial charge is 0.320 e. The third kappa shape index (κ3) is 5.13. The number of hydrogen-bond acceptors (Lipinski definition) is 4. The maximum atomic E-state index is 12.3. The van der Waals surface area contributed by atoms with Crippen molar-refractivity contribution in [3.8, 4) is 0 Å². The van der Waals surface area contributed by atoms with Gasteiger partial charge in [-0.1, -0.05) is 94.4 Å². The van der Waals surface area contributed by atoms with Crippen LogP contribution in [0.1, 0.15) is 58.6 Å². The monoisotopic (exact) mass is 391 g/mol. The molecule has 142 valence electrons. The normalized spacial score (nSPS) is 17.1. The van der Waals surface area contributed by atoms with E-state index in [4.69, 9.17) is 5.21 Å². The minimum atomic E-state index is -4.26. The molecule has 0 aromatic heterocycles. The first-order valence-corrected chi connectivity index (χ1v) is 9.95. The van der Waals surface area contributed by atoms with E-state index in [1.807, 2.05) is 45.9 Å². The Hall–Kier alpha value is -0.340. The summed E-state index contributed by atoms with van der Waals surface area (Å²) >= 11 is 0.